The third kappa shape index (κ3) is 2.42. The lowest BCUT2D eigenvalue weighted by molar-refractivity contribution is 0.0387. The summed E-state index contributed by atoms with van der Waals surface area (Å²) >= 11 is 0. The lowest BCUT2D eigenvalue weighted by Crippen LogP contribution is -2.20. The molecule has 1 N–H and O–H groups in total. The average Bonchev–Trinajstić information content (AvgIpc) is 3.07. The van der Waals surface area contributed by atoms with Crippen LogP contribution in [0.3, 0.4) is 0 Å². The van der Waals surface area contributed by atoms with Gasteiger partial charge in [-0.15, -0.1) is 0 Å². The van der Waals surface area contributed by atoms with Gasteiger partial charge in [0.05, 0.1) is 17.7 Å². The zero-order chi connectivity index (χ0) is 14.1. The van der Waals surface area contributed by atoms with Gasteiger partial charge in [-0.3, -0.25) is 0 Å². The van der Waals surface area contributed by atoms with Crippen LogP contribution in [0, 0.1) is 17.8 Å². The molecule has 2 saturated carbocycles. The number of hydrogen-bond acceptors (Lipinski definition) is 3. The second-order valence-corrected chi connectivity index (χ2v) is 5.88. The van der Waals surface area contributed by atoms with Gasteiger partial charge in [0, 0.05) is 0 Å². The molecule has 3 atom stereocenters. The van der Waals surface area contributed by atoms with E-state index in [4.69, 9.17) is 9.84 Å². The van der Waals surface area contributed by atoms with Crippen LogP contribution in [0.25, 0.3) is 0 Å². The van der Waals surface area contributed by atoms with Crippen molar-refractivity contribution in [2.45, 2.75) is 25.7 Å². The van der Waals surface area contributed by atoms with Gasteiger partial charge >= 0.3 is 11.9 Å². The lowest BCUT2D eigenvalue weighted by Gasteiger charge is -2.21. The van der Waals surface area contributed by atoms with Gasteiger partial charge < -0.3 is 9.84 Å². The Morgan fingerprint density at radius 1 is 1.15 bits per heavy atom. The number of hydrogen-bond donors (Lipinski definition) is 1. The van der Waals surface area contributed by atoms with Crippen LogP contribution in [0.2, 0.25) is 0 Å². The summed E-state index contributed by atoms with van der Waals surface area (Å²) in [7, 11) is 0. The predicted molar refractivity (Wildman–Crippen MR) is 72.6 cm³/mol. The van der Waals surface area contributed by atoms with E-state index in [0.717, 1.165) is 12.3 Å². The molecule has 2 aliphatic rings. The minimum atomic E-state index is -1.10. The molecule has 0 unspecified atom stereocenters. The molecular weight excluding hydrogens is 256 g/mol. The van der Waals surface area contributed by atoms with Crippen molar-refractivity contribution in [3.05, 3.63) is 35.4 Å². The molecule has 0 amide bonds. The van der Waals surface area contributed by atoms with Crippen LogP contribution >= 0.6 is 0 Å². The van der Waals surface area contributed by atoms with E-state index < -0.39 is 11.9 Å². The van der Waals surface area contributed by atoms with Gasteiger partial charge in [-0.2, -0.15) is 0 Å². The minimum Gasteiger partial charge on any atom is -0.478 e. The van der Waals surface area contributed by atoms with E-state index >= 15 is 0 Å². The number of carboxylic acids is 1. The van der Waals surface area contributed by atoms with Gasteiger partial charge in [-0.25, -0.2) is 9.59 Å². The van der Waals surface area contributed by atoms with Gasteiger partial charge in [-0.1, -0.05) is 18.6 Å². The Hall–Kier alpha value is -1.84. The fraction of sp³-hybridized carbons (Fsp3) is 0.500. The first-order chi connectivity index (χ1) is 9.65. The van der Waals surface area contributed by atoms with Crippen LogP contribution in [-0.4, -0.2) is 23.7 Å². The van der Waals surface area contributed by atoms with Crippen molar-refractivity contribution in [1.29, 1.82) is 0 Å². The molecule has 0 heterocycles. The Labute approximate surface area is 117 Å². The first-order valence-corrected chi connectivity index (χ1v) is 7.14. The van der Waals surface area contributed by atoms with Crippen LogP contribution < -0.4 is 0 Å². The molecule has 0 spiro atoms. The highest BCUT2D eigenvalue weighted by Gasteiger charge is 2.40. The van der Waals surface area contributed by atoms with Crippen molar-refractivity contribution >= 4 is 11.9 Å². The molecule has 0 radical (unpaired) electrons. The van der Waals surface area contributed by atoms with Crippen molar-refractivity contribution in [1.82, 2.24) is 0 Å². The van der Waals surface area contributed by atoms with Crippen molar-refractivity contribution in [3.8, 4) is 0 Å². The van der Waals surface area contributed by atoms with Gasteiger partial charge in [-0.05, 0) is 49.1 Å². The van der Waals surface area contributed by atoms with Gasteiger partial charge in [0.1, 0.15) is 0 Å². The van der Waals surface area contributed by atoms with Crippen LogP contribution in [0.15, 0.2) is 24.3 Å². The molecule has 2 bridgehead atoms. The van der Waals surface area contributed by atoms with Crippen molar-refractivity contribution in [3.63, 3.8) is 0 Å². The van der Waals surface area contributed by atoms with Crippen LogP contribution in [0.4, 0.5) is 0 Å². The molecule has 2 aliphatic carbocycles. The number of carboxylic acid groups (broad SMARTS) is 1. The summed E-state index contributed by atoms with van der Waals surface area (Å²) in [5.74, 6) is 0.357. The number of carbonyl (C=O) groups is 2. The first-order valence-electron chi connectivity index (χ1n) is 7.14. The van der Waals surface area contributed by atoms with Crippen molar-refractivity contribution < 1.29 is 19.4 Å². The van der Waals surface area contributed by atoms with Crippen LogP contribution in [0.1, 0.15) is 46.4 Å². The Balaban J connectivity index is 1.64. The fourth-order valence-corrected chi connectivity index (χ4v) is 3.69. The number of benzene rings is 1. The smallest absolute Gasteiger partial charge is 0.339 e. The molecule has 0 aliphatic heterocycles. The fourth-order valence-electron chi connectivity index (χ4n) is 3.69. The summed E-state index contributed by atoms with van der Waals surface area (Å²) in [4.78, 5) is 23.1. The zero-order valence-electron chi connectivity index (χ0n) is 11.2. The van der Waals surface area contributed by atoms with Gasteiger partial charge in [0.15, 0.2) is 0 Å². The third-order valence-electron chi connectivity index (χ3n) is 4.69. The number of aromatic carboxylic acids is 1. The normalized spacial score (nSPS) is 27.5. The molecule has 4 nitrogen and oxygen atoms in total. The molecule has 4 heteroatoms. The maximum absolute atomic E-state index is 12.0. The number of esters is 1. The standard InChI is InChI=1S/C16H18O4/c17-15(18)13-3-1-2-4-14(13)16(19)20-9-12-8-10-5-6-11(12)7-10/h1-4,10-12H,5-9H2,(H,17,18)/t10-,11-,12+/m0/s1. The number of ether oxygens (including phenoxy) is 1. The highest BCUT2D eigenvalue weighted by molar-refractivity contribution is 6.02. The topological polar surface area (TPSA) is 63.6 Å². The van der Waals surface area contributed by atoms with E-state index in [1.165, 1.54) is 31.4 Å². The van der Waals surface area contributed by atoms with E-state index in [9.17, 15) is 9.59 Å². The highest BCUT2D eigenvalue weighted by atomic mass is 16.5. The Bertz CT molecular complexity index is 537. The summed E-state index contributed by atoms with van der Waals surface area (Å²) in [5.41, 5.74) is 0.147. The summed E-state index contributed by atoms with van der Waals surface area (Å²) in [6, 6.07) is 6.19. The molecule has 1 aromatic rings. The molecule has 0 aromatic heterocycles. The predicted octanol–water partition coefficient (Wildman–Crippen LogP) is 2.98. The molecule has 106 valence electrons. The van der Waals surface area contributed by atoms with E-state index in [-0.39, 0.29) is 11.1 Å². The first kappa shape index (κ1) is 13.2. The molecule has 2 fully saturated rings. The molecular formula is C16H18O4. The number of fused-ring (bicyclic) bond motifs is 2. The highest BCUT2D eigenvalue weighted by Crippen LogP contribution is 2.48. The number of carbonyl (C=O) groups excluding carboxylic acids is 1. The Morgan fingerprint density at radius 2 is 1.90 bits per heavy atom. The van der Waals surface area contributed by atoms with E-state index in [2.05, 4.69) is 0 Å². The van der Waals surface area contributed by atoms with E-state index in [1.54, 1.807) is 12.1 Å². The second kappa shape index (κ2) is 5.27. The molecule has 1 aromatic carbocycles. The minimum absolute atomic E-state index is 0.00504. The largest absolute Gasteiger partial charge is 0.478 e. The molecule has 20 heavy (non-hydrogen) atoms. The third-order valence-corrected chi connectivity index (χ3v) is 4.69. The average molecular weight is 274 g/mol. The SMILES string of the molecule is O=C(O)c1ccccc1C(=O)OC[C@H]1C[C@H]2CC[C@H]1C2. The number of rotatable bonds is 4. The maximum atomic E-state index is 12.0. The van der Waals surface area contributed by atoms with Crippen LogP contribution in [0.5, 0.6) is 0 Å². The summed E-state index contributed by atoms with van der Waals surface area (Å²) in [5, 5.41) is 9.07. The van der Waals surface area contributed by atoms with Crippen molar-refractivity contribution in [2.24, 2.45) is 17.8 Å². The van der Waals surface area contributed by atoms with E-state index in [1.807, 2.05) is 0 Å². The summed E-state index contributed by atoms with van der Waals surface area (Å²) in [6.07, 6.45) is 4.99. The van der Waals surface area contributed by atoms with E-state index in [0.29, 0.717) is 18.4 Å². The monoisotopic (exact) mass is 274 g/mol. The second-order valence-electron chi connectivity index (χ2n) is 5.88. The summed E-state index contributed by atoms with van der Waals surface area (Å²) in [6.45, 7) is 0.425. The quantitative estimate of drug-likeness (QED) is 0.857. The lowest BCUT2D eigenvalue weighted by atomic mass is 9.89. The summed E-state index contributed by atoms with van der Waals surface area (Å²) < 4.78 is 5.35. The van der Waals surface area contributed by atoms with Gasteiger partial charge in [0.25, 0.3) is 0 Å². The van der Waals surface area contributed by atoms with Gasteiger partial charge in [0.2, 0.25) is 0 Å². The molecule has 3 rings (SSSR count). The zero-order valence-corrected chi connectivity index (χ0v) is 11.2. The Kier molecular flexibility index (Phi) is 3.47. The van der Waals surface area contributed by atoms with Crippen LogP contribution in [-0.2, 0) is 4.74 Å². The Morgan fingerprint density at radius 3 is 2.50 bits per heavy atom. The molecule has 0 saturated heterocycles. The maximum Gasteiger partial charge on any atom is 0.339 e. The van der Waals surface area contributed by atoms with Crippen molar-refractivity contribution in [2.75, 3.05) is 6.61 Å².